The first-order valence-electron chi connectivity index (χ1n) is 6.35. The second-order valence-electron chi connectivity index (χ2n) is 5.15. The highest BCUT2D eigenvalue weighted by molar-refractivity contribution is 5.81. The van der Waals surface area contributed by atoms with Crippen LogP contribution >= 0.6 is 0 Å². The normalized spacial score (nSPS) is 12.8. The molecular formula is C13H25NO4. The van der Waals surface area contributed by atoms with Gasteiger partial charge in [-0.25, -0.2) is 9.59 Å². The lowest BCUT2D eigenvalue weighted by atomic mass is 10.1. The third-order valence-electron chi connectivity index (χ3n) is 2.27. The van der Waals surface area contributed by atoms with E-state index in [4.69, 9.17) is 9.47 Å². The molecule has 0 saturated heterocycles. The van der Waals surface area contributed by atoms with Crippen LogP contribution in [-0.4, -0.2) is 42.3 Å². The maximum absolute atomic E-state index is 11.9. The van der Waals surface area contributed by atoms with Gasteiger partial charge < -0.3 is 9.47 Å². The molecule has 0 bridgehead atoms. The van der Waals surface area contributed by atoms with Crippen LogP contribution in [0.5, 0.6) is 0 Å². The van der Waals surface area contributed by atoms with Gasteiger partial charge in [0.15, 0.2) is 0 Å². The number of nitrogens with zero attached hydrogens (tertiary/aromatic N) is 1. The molecule has 0 radical (unpaired) electrons. The largest absolute Gasteiger partial charge is 0.464 e. The first kappa shape index (κ1) is 16.7. The van der Waals surface area contributed by atoms with E-state index < -0.39 is 17.7 Å². The summed E-state index contributed by atoms with van der Waals surface area (Å²) in [5, 5.41) is 0. The molecule has 0 rings (SSSR count). The maximum atomic E-state index is 11.9. The van der Waals surface area contributed by atoms with Gasteiger partial charge in [0.1, 0.15) is 11.6 Å². The highest BCUT2D eigenvalue weighted by Crippen LogP contribution is 2.14. The molecule has 0 saturated carbocycles. The van der Waals surface area contributed by atoms with E-state index >= 15 is 0 Å². The monoisotopic (exact) mass is 259 g/mol. The van der Waals surface area contributed by atoms with Crippen LogP contribution in [-0.2, 0) is 14.3 Å². The number of rotatable bonds is 5. The maximum Gasteiger partial charge on any atom is 0.410 e. The van der Waals surface area contributed by atoms with Gasteiger partial charge in [-0.3, -0.25) is 4.90 Å². The van der Waals surface area contributed by atoms with Gasteiger partial charge >= 0.3 is 12.1 Å². The summed E-state index contributed by atoms with van der Waals surface area (Å²) in [6.07, 6.45) is 0.847. The molecule has 0 unspecified atom stereocenters. The van der Waals surface area contributed by atoms with E-state index in [9.17, 15) is 9.59 Å². The SMILES string of the molecule is CCC[C@@H](C(=O)OCC)N(C)C(=O)OC(C)(C)C. The van der Waals surface area contributed by atoms with E-state index in [0.717, 1.165) is 6.42 Å². The Balaban J connectivity index is 4.69. The number of hydrogen-bond donors (Lipinski definition) is 0. The standard InChI is InChI=1S/C13H25NO4/c1-7-9-10(11(15)17-8-2)14(6)12(16)18-13(3,4)5/h10H,7-9H2,1-6H3/t10-/m0/s1. The summed E-state index contributed by atoms with van der Waals surface area (Å²) < 4.78 is 10.2. The number of hydrogen-bond acceptors (Lipinski definition) is 4. The van der Waals surface area contributed by atoms with Crippen molar-refractivity contribution in [1.29, 1.82) is 0 Å². The molecule has 0 N–H and O–H groups in total. The van der Waals surface area contributed by atoms with Crippen LogP contribution in [0.3, 0.4) is 0 Å². The smallest absolute Gasteiger partial charge is 0.410 e. The fourth-order valence-electron chi connectivity index (χ4n) is 1.44. The van der Waals surface area contributed by atoms with Crippen molar-refractivity contribution in [1.82, 2.24) is 4.90 Å². The summed E-state index contributed by atoms with van der Waals surface area (Å²) in [4.78, 5) is 25.0. The lowest BCUT2D eigenvalue weighted by Gasteiger charge is -2.29. The van der Waals surface area contributed by atoms with Crippen molar-refractivity contribution in [2.24, 2.45) is 0 Å². The summed E-state index contributed by atoms with van der Waals surface area (Å²) in [6, 6.07) is -0.579. The van der Waals surface area contributed by atoms with Crippen molar-refractivity contribution >= 4 is 12.1 Å². The van der Waals surface area contributed by atoms with E-state index in [2.05, 4.69) is 0 Å². The molecule has 1 amide bonds. The first-order chi connectivity index (χ1) is 8.22. The summed E-state index contributed by atoms with van der Waals surface area (Å²) in [5.74, 6) is -0.382. The molecular weight excluding hydrogens is 234 g/mol. The van der Waals surface area contributed by atoms with Crippen LogP contribution < -0.4 is 0 Å². The summed E-state index contributed by atoms with van der Waals surface area (Å²) in [7, 11) is 1.56. The van der Waals surface area contributed by atoms with Gasteiger partial charge in [0.2, 0.25) is 0 Å². The Kier molecular flexibility index (Phi) is 6.73. The lowest BCUT2D eigenvalue weighted by Crippen LogP contribution is -2.45. The van der Waals surface area contributed by atoms with Gasteiger partial charge in [0, 0.05) is 7.05 Å². The third kappa shape index (κ3) is 5.89. The van der Waals surface area contributed by atoms with Crippen LogP contribution in [0.1, 0.15) is 47.5 Å². The zero-order valence-electron chi connectivity index (χ0n) is 12.3. The van der Waals surface area contributed by atoms with Crippen molar-refractivity contribution < 1.29 is 19.1 Å². The number of carbonyl (C=O) groups excluding carboxylic acids is 2. The summed E-state index contributed by atoms with van der Waals surface area (Å²) >= 11 is 0. The van der Waals surface area contributed by atoms with Crippen LogP contribution in [0.25, 0.3) is 0 Å². The molecule has 0 aromatic carbocycles. The van der Waals surface area contributed by atoms with E-state index in [0.29, 0.717) is 13.0 Å². The van der Waals surface area contributed by atoms with Crippen LogP contribution in [0.2, 0.25) is 0 Å². The summed E-state index contributed by atoms with van der Waals surface area (Å²) in [6.45, 7) is 9.37. The van der Waals surface area contributed by atoms with Crippen LogP contribution in [0.15, 0.2) is 0 Å². The van der Waals surface area contributed by atoms with E-state index in [1.165, 1.54) is 4.90 Å². The van der Waals surface area contributed by atoms with E-state index in [1.54, 1.807) is 34.7 Å². The fourth-order valence-corrected chi connectivity index (χ4v) is 1.44. The number of esters is 1. The molecule has 1 atom stereocenters. The Morgan fingerprint density at radius 1 is 1.22 bits per heavy atom. The minimum Gasteiger partial charge on any atom is -0.464 e. The Hall–Kier alpha value is -1.26. The molecule has 0 aliphatic carbocycles. The highest BCUT2D eigenvalue weighted by Gasteiger charge is 2.30. The van der Waals surface area contributed by atoms with Gasteiger partial charge in [0.25, 0.3) is 0 Å². The zero-order chi connectivity index (χ0) is 14.3. The topological polar surface area (TPSA) is 55.8 Å². The molecule has 0 aromatic heterocycles. The average molecular weight is 259 g/mol. The molecule has 0 aliphatic rings. The molecule has 5 nitrogen and oxygen atoms in total. The average Bonchev–Trinajstić information content (AvgIpc) is 2.22. The van der Waals surface area contributed by atoms with Crippen LogP contribution in [0.4, 0.5) is 4.79 Å². The third-order valence-corrected chi connectivity index (χ3v) is 2.27. The van der Waals surface area contributed by atoms with Crippen molar-refractivity contribution in [3.05, 3.63) is 0 Å². The molecule has 5 heteroatoms. The highest BCUT2D eigenvalue weighted by atomic mass is 16.6. The Labute approximate surface area is 109 Å². The van der Waals surface area contributed by atoms with Gasteiger partial charge in [-0.15, -0.1) is 0 Å². The molecule has 0 heterocycles. The second-order valence-corrected chi connectivity index (χ2v) is 5.15. The van der Waals surface area contributed by atoms with Crippen molar-refractivity contribution in [2.45, 2.75) is 59.1 Å². The molecule has 18 heavy (non-hydrogen) atoms. The van der Waals surface area contributed by atoms with Crippen molar-refractivity contribution in [3.63, 3.8) is 0 Å². The number of ether oxygens (including phenoxy) is 2. The Morgan fingerprint density at radius 2 is 1.78 bits per heavy atom. The minimum atomic E-state index is -0.579. The van der Waals surface area contributed by atoms with Crippen molar-refractivity contribution in [2.75, 3.05) is 13.7 Å². The zero-order valence-corrected chi connectivity index (χ0v) is 12.3. The molecule has 0 fully saturated rings. The first-order valence-corrected chi connectivity index (χ1v) is 6.35. The molecule has 0 aromatic rings. The second kappa shape index (κ2) is 7.24. The molecule has 0 aliphatic heterocycles. The Morgan fingerprint density at radius 3 is 2.17 bits per heavy atom. The number of carbonyl (C=O) groups is 2. The minimum absolute atomic E-state index is 0.307. The Bertz CT molecular complexity index is 283. The van der Waals surface area contributed by atoms with Crippen LogP contribution in [0, 0.1) is 0 Å². The molecule has 0 spiro atoms. The summed E-state index contributed by atoms with van der Waals surface area (Å²) in [5.41, 5.74) is -0.573. The quantitative estimate of drug-likeness (QED) is 0.712. The van der Waals surface area contributed by atoms with Crippen molar-refractivity contribution in [3.8, 4) is 0 Å². The lowest BCUT2D eigenvalue weighted by molar-refractivity contribution is -0.149. The number of amides is 1. The predicted molar refractivity (Wildman–Crippen MR) is 69.3 cm³/mol. The predicted octanol–water partition coefficient (Wildman–Crippen LogP) is 2.59. The van der Waals surface area contributed by atoms with Gasteiger partial charge in [-0.05, 0) is 34.1 Å². The van der Waals surface area contributed by atoms with Gasteiger partial charge in [0.05, 0.1) is 6.61 Å². The molecule has 106 valence electrons. The van der Waals surface area contributed by atoms with Gasteiger partial charge in [-0.2, -0.15) is 0 Å². The fraction of sp³-hybridized carbons (Fsp3) is 0.846. The van der Waals surface area contributed by atoms with E-state index in [1.807, 2.05) is 6.92 Å². The number of likely N-dealkylation sites (N-methyl/N-ethyl adjacent to an activating group) is 1. The van der Waals surface area contributed by atoms with E-state index in [-0.39, 0.29) is 5.97 Å². The van der Waals surface area contributed by atoms with Gasteiger partial charge in [-0.1, -0.05) is 13.3 Å².